The summed E-state index contributed by atoms with van der Waals surface area (Å²) in [5, 5.41) is 8.73. The van der Waals surface area contributed by atoms with Crippen molar-refractivity contribution in [2.45, 2.75) is 12.6 Å². The van der Waals surface area contributed by atoms with Crippen LogP contribution in [0.15, 0.2) is 49.1 Å². The van der Waals surface area contributed by atoms with E-state index in [1.165, 1.54) is 0 Å². The van der Waals surface area contributed by atoms with Crippen LogP contribution in [0.3, 0.4) is 0 Å². The minimum atomic E-state index is -1.28. The van der Waals surface area contributed by atoms with E-state index >= 15 is 0 Å². The van der Waals surface area contributed by atoms with Gasteiger partial charge in [-0.25, -0.2) is 9.78 Å². The molecular weight excluding hydrogens is 220 g/mol. The Balaban J connectivity index is 2.16. The summed E-state index contributed by atoms with van der Waals surface area (Å²) in [7, 11) is 0. The normalized spacial score (nSPS) is 12.0. The van der Waals surface area contributed by atoms with Crippen LogP contribution in [0.4, 0.5) is 4.79 Å². The first kappa shape index (κ1) is 11.2. The number of ether oxygens (including phenoxy) is 1. The Bertz CT molecular complexity index is 468. The Hall–Kier alpha value is -2.30. The highest BCUT2D eigenvalue weighted by molar-refractivity contribution is 5.57. The molecule has 5 nitrogen and oxygen atoms in total. The maximum atomic E-state index is 10.7. The topological polar surface area (TPSA) is 64.3 Å². The molecule has 0 aliphatic rings. The van der Waals surface area contributed by atoms with Gasteiger partial charge >= 0.3 is 6.16 Å². The Morgan fingerprint density at radius 1 is 1.41 bits per heavy atom. The highest BCUT2D eigenvalue weighted by Gasteiger charge is 2.16. The van der Waals surface area contributed by atoms with Gasteiger partial charge in [0, 0.05) is 12.4 Å². The molecule has 5 heteroatoms. The second-order valence-electron chi connectivity index (χ2n) is 3.54. The number of carboxylic acid groups (broad SMARTS) is 1. The molecule has 0 amide bonds. The Morgan fingerprint density at radius 2 is 2.18 bits per heavy atom. The first-order valence-electron chi connectivity index (χ1n) is 5.16. The zero-order valence-electron chi connectivity index (χ0n) is 9.06. The van der Waals surface area contributed by atoms with Crippen LogP contribution < -0.4 is 0 Å². The SMILES string of the molecule is O=C(O)OC(Cn1ccnc1)c1ccccc1. The molecule has 1 atom stereocenters. The molecule has 17 heavy (non-hydrogen) atoms. The lowest BCUT2D eigenvalue weighted by atomic mass is 10.1. The molecule has 1 N–H and O–H groups in total. The Labute approximate surface area is 98.3 Å². The van der Waals surface area contributed by atoms with Crippen molar-refractivity contribution in [3.05, 3.63) is 54.6 Å². The van der Waals surface area contributed by atoms with Crippen molar-refractivity contribution in [2.75, 3.05) is 0 Å². The average Bonchev–Trinajstić information content (AvgIpc) is 2.82. The number of carbonyl (C=O) groups is 1. The fourth-order valence-electron chi connectivity index (χ4n) is 1.59. The van der Waals surface area contributed by atoms with Gasteiger partial charge in [0.2, 0.25) is 0 Å². The number of hydrogen-bond acceptors (Lipinski definition) is 3. The number of nitrogens with zero attached hydrogens (tertiary/aromatic N) is 2. The Kier molecular flexibility index (Phi) is 3.40. The molecule has 1 aromatic carbocycles. The van der Waals surface area contributed by atoms with E-state index in [-0.39, 0.29) is 0 Å². The minimum Gasteiger partial charge on any atom is -0.450 e. The lowest BCUT2D eigenvalue weighted by Crippen LogP contribution is -2.15. The third kappa shape index (κ3) is 3.07. The molecule has 88 valence electrons. The van der Waals surface area contributed by atoms with E-state index < -0.39 is 12.3 Å². The lowest BCUT2D eigenvalue weighted by Gasteiger charge is -2.16. The molecular formula is C12H12N2O3. The molecule has 0 saturated heterocycles. The standard InChI is InChI=1S/C12H12N2O3/c15-12(16)17-11(8-14-7-6-13-9-14)10-4-2-1-3-5-10/h1-7,9,11H,8H2,(H,15,16). The van der Waals surface area contributed by atoms with Gasteiger partial charge in [-0.15, -0.1) is 0 Å². The smallest absolute Gasteiger partial charge is 0.450 e. The fourth-order valence-corrected chi connectivity index (χ4v) is 1.59. The van der Waals surface area contributed by atoms with Gasteiger partial charge in [0.15, 0.2) is 0 Å². The summed E-state index contributed by atoms with van der Waals surface area (Å²) in [6.45, 7) is 0.413. The van der Waals surface area contributed by atoms with Crippen LogP contribution in [0.5, 0.6) is 0 Å². The molecule has 0 aliphatic carbocycles. The third-order valence-corrected chi connectivity index (χ3v) is 2.35. The summed E-state index contributed by atoms with van der Waals surface area (Å²) >= 11 is 0. The average molecular weight is 232 g/mol. The van der Waals surface area contributed by atoms with Crippen LogP contribution >= 0.6 is 0 Å². The fraction of sp³-hybridized carbons (Fsp3) is 0.167. The number of hydrogen-bond donors (Lipinski definition) is 1. The van der Waals surface area contributed by atoms with Crippen LogP contribution in [0, 0.1) is 0 Å². The van der Waals surface area contributed by atoms with Gasteiger partial charge in [-0.2, -0.15) is 0 Å². The highest BCUT2D eigenvalue weighted by Crippen LogP contribution is 2.19. The molecule has 0 spiro atoms. The van der Waals surface area contributed by atoms with Gasteiger partial charge in [0.1, 0.15) is 6.10 Å². The van der Waals surface area contributed by atoms with Crippen molar-refractivity contribution in [3.63, 3.8) is 0 Å². The van der Waals surface area contributed by atoms with Crippen molar-refractivity contribution in [1.29, 1.82) is 0 Å². The first-order chi connectivity index (χ1) is 8.25. The zero-order valence-corrected chi connectivity index (χ0v) is 9.06. The van der Waals surface area contributed by atoms with Crippen molar-refractivity contribution in [1.82, 2.24) is 9.55 Å². The van der Waals surface area contributed by atoms with E-state index in [0.29, 0.717) is 6.54 Å². The largest absolute Gasteiger partial charge is 0.506 e. The van der Waals surface area contributed by atoms with Gasteiger partial charge in [-0.1, -0.05) is 30.3 Å². The van der Waals surface area contributed by atoms with E-state index in [2.05, 4.69) is 4.98 Å². The molecule has 2 rings (SSSR count). The van der Waals surface area contributed by atoms with E-state index in [0.717, 1.165) is 5.56 Å². The first-order valence-corrected chi connectivity index (χ1v) is 5.16. The van der Waals surface area contributed by atoms with E-state index in [4.69, 9.17) is 9.84 Å². The quantitative estimate of drug-likeness (QED) is 0.821. The van der Waals surface area contributed by atoms with E-state index in [1.807, 2.05) is 30.3 Å². The van der Waals surface area contributed by atoms with Crippen molar-refractivity contribution in [3.8, 4) is 0 Å². The molecule has 1 heterocycles. The second kappa shape index (κ2) is 5.16. The van der Waals surface area contributed by atoms with E-state index in [9.17, 15) is 4.79 Å². The summed E-state index contributed by atoms with van der Waals surface area (Å²) in [5.74, 6) is 0. The molecule has 0 aliphatic heterocycles. The predicted molar refractivity (Wildman–Crippen MR) is 60.5 cm³/mol. The third-order valence-electron chi connectivity index (χ3n) is 2.35. The van der Waals surface area contributed by atoms with Gasteiger partial charge in [0.05, 0.1) is 12.9 Å². The van der Waals surface area contributed by atoms with Gasteiger partial charge < -0.3 is 14.4 Å². The Morgan fingerprint density at radius 3 is 2.76 bits per heavy atom. The molecule has 0 saturated carbocycles. The van der Waals surface area contributed by atoms with Crippen LogP contribution in [-0.4, -0.2) is 20.8 Å². The summed E-state index contributed by atoms with van der Waals surface area (Å²) < 4.78 is 6.66. The lowest BCUT2D eigenvalue weighted by molar-refractivity contribution is 0.0437. The van der Waals surface area contributed by atoms with E-state index in [1.54, 1.807) is 23.3 Å². The number of aromatic nitrogens is 2. The minimum absolute atomic E-state index is 0.413. The van der Waals surface area contributed by atoms with Crippen LogP contribution in [0.1, 0.15) is 11.7 Å². The zero-order chi connectivity index (χ0) is 12.1. The molecule has 0 fully saturated rings. The van der Waals surface area contributed by atoms with Gasteiger partial charge in [0.25, 0.3) is 0 Å². The summed E-state index contributed by atoms with van der Waals surface area (Å²) in [4.78, 5) is 14.6. The van der Waals surface area contributed by atoms with Gasteiger partial charge in [-0.05, 0) is 5.56 Å². The number of imidazole rings is 1. The monoisotopic (exact) mass is 232 g/mol. The van der Waals surface area contributed by atoms with Crippen molar-refractivity contribution < 1.29 is 14.6 Å². The second-order valence-corrected chi connectivity index (χ2v) is 3.54. The maximum Gasteiger partial charge on any atom is 0.506 e. The predicted octanol–water partition coefficient (Wildman–Crippen LogP) is 2.32. The summed E-state index contributed by atoms with van der Waals surface area (Å²) in [6, 6.07) is 9.25. The van der Waals surface area contributed by atoms with Crippen LogP contribution in [0.25, 0.3) is 0 Å². The van der Waals surface area contributed by atoms with Crippen LogP contribution in [-0.2, 0) is 11.3 Å². The summed E-state index contributed by atoms with van der Waals surface area (Å²) in [5.41, 5.74) is 0.823. The number of benzene rings is 1. The maximum absolute atomic E-state index is 10.7. The molecule has 0 bridgehead atoms. The van der Waals surface area contributed by atoms with Gasteiger partial charge in [-0.3, -0.25) is 0 Å². The van der Waals surface area contributed by atoms with Crippen molar-refractivity contribution in [2.24, 2.45) is 0 Å². The number of rotatable bonds is 4. The molecule has 1 aromatic heterocycles. The van der Waals surface area contributed by atoms with Crippen LogP contribution in [0.2, 0.25) is 0 Å². The molecule has 2 aromatic rings. The molecule has 0 radical (unpaired) electrons. The molecule has 1 unspecified atom stereocenters. The summed E-state index contributed by atoms with van der Waals surface area (Å²) in [6.07, 6.45) is 3.23. The highest BCUT2D eigenvalue weighted by atomic mass is 16.7. The van der Waals surface area contributed by atoms with Crippen molar-refractivity contribution >= 4 is 6.16 Å².